The van der Waals surface area contributed by atoms with Gasteiger partial charge in [0, 0.05) is 18.1 Å². The Morgan fingerprint density at radius 2 is 2.47 bits per heavy atom. The lowest BCUT2D eigenvalue weighted by molar-refractivity contribution is 0.0243. The Kier molecular flexibility index (Phi) is 4.10. The van der Waals surface area contributed by atoms with Crippen LogP contribution in [0.5, 0.6) is 0 Å². The quantitative estimate of drug-likeness (QED) is 0.730. The topological polar surface area (TPSA) is 9.23 Å². The molecule has 2 rings (SSSR count). The molecule has 1 aliphatic heterocycles. The van der Waals surface area contributed by atoms with Crippen LogP contribution in [0.1, 0.15) is 23.0 Å². The molecule has 1 nitrogen and oxygen atoms in total. The van der Waals surface area contributed by atoms with Crippen molar-refractivity contribution >= 4 is 38.9 Å². The maximum atomic E-state index is 6.15. The molecule has 1 saturated heterocycles. The number of ether oxygens (including phenoxy) is 1. The van der Waals surface area contributed by atoms with E-state index in [0.29, 0.717) is 16.7 Å². The molecule has 0 bridgehead atoms. The molecule has 3 atom stereocenters. The van der Waals surface area contributed by atoms with Gasteiger partial charge in [-0.25, -0.2) is 0 Å². The predicted molar refractivity (Wildman–Crippen MR) is 69.1 cm³/mol. The first-order chi connectivity index (χ1) is 7.20. The third kappa shape index (κ3) is 2.57. The van der Waals surface area contributed by atoms with E-state index in [1.165, 1.54) is 4.88 Å². The standard InChI is InChI=1S/C11H14BrClOS/c1-7-6-14-4-2-8(7)10(12)11-9(13)3-5-15-11/h3,5,7-8,10H,2,4,6H2,1H3. The minimum atomic E-state index is 0.379. The van der Waals surface area contributed by atoms with Gasteiger partial charge in [0.15, 0.2) is 0 Å². The van der Waals surface area contributed by atoms with Crippen molar-refractivity contribution in [3.63, 3.8) is 0 Å². The van der Waals surface area contributed by atoms with Crippen LogP contribution in [0.2, 0.25) is 5.02 Å². The van der Waals surface area contributed by atoms with E-state index in [9.17, 15) is 0 Å². The molecule has 0 saturated carbocycles. The van der Waals surface area contributed by atoms with Crippen molar-refractivity contribution in [2.24, 2.45) is 11.8 Å². The van der Waals surface area contributed by atoms with Gasteiger partial charge in [0.05, 0.1) is 9.85 Å². The van der Waals surface area contributed by atoms with Crippen LogP contribution >= 0.6 is 38.9 Å². The van der Waals surface area contributed by atoms with Crippen LogP contribution in [-0.4, -0.2) is 13.2 Å². The molecule has 84 valence electrons. The molecule has 15 heavy (non-hydrogen) atoms. The molecular weight excluding hydrogens is 296 g/mol. The van der Waals surface area contributed by atoms with E-state index in [1.807, 2.05) is 6.07 Å². The highest BCUT2D eigenvalue weighted by molar-refractivity contribution is 9.09. The fourth-order valence-corrected chi connectivity index (χ4v) is 4.74. The summed E-state index contributed by atoms with van der Waals surface area (Å²) >= 11 is 11.7. The zero-order valence-corrected chi connectivity index (χ0v) is 11.7. The van der Waals surface area contributed by atoms with Crippen LogP contribution in [0.4, 0.5) is 0 Å². The van der Waals surface area contributed by atoms with Gasteiger partial charge < -0.3 is 4.74 Å². The fourth-order valence-electron chi connectivity index (χ4n) is 2.03. The van der Waals surface area contributed by atoms with Crippen LogP contribution in [0.25, 0.3) is 0 Å². The number of rotatable bonds is 2. The van der Waals surface area contributed by atoms with E-state index >= 15 is 0 Å². The van der Waals surface area contributed by atoms with Crippen molar-refractivity contribution < 1.29 is 4.74 Å². The lowest BCUT2D eigenvalue weighted by atomic mass is 9.86. The molecule has 0 spiro atoms. The third-order valence-corrected chi connectivity index (χ3v) is 5.86. The summed E-state index contributed by atoms with van der Waals surface area (Å²) in [5.41, 5.74) is 0. The van der Waals surface area contributed by atoms with Crippen LogP contribution < -0.4 is 0 Å². The van der Waals surface area contributed by atoms with Crippen LogP contribution in [0, 0.1) is 11.8 Å². The van der Waals surface area contributed by atoms with Crippen molar-refractivity contribution in [2.45, 2.75) is 18.2 Å². The van der Waals surface area contributed by atoms with E-state index in [1.54, 1.807) is 11.3 Å². The van der Waals surface area contributed by atoms with Crippen LogP contribution in [0.3, 0.4) is 0 Å². The number of hydrogen-bond donors (Lipinski definition) is 0. The molecule has 1 fully saturated rings. The van der Waals surface area contributed by atoms with Crippen molar-refractivity contribution in [2.75, 3.05) is 13.2 Å². The summed E-state index contributed by atoms with van der Waals surface area (Å²) in [6.45, 7) is 4.00. The smallest absolute Gasteiger partial charge is 0.0556 e. The lowest BCUT2D eigenvalue weighted by Crippen LogP contribution is -2.27. The molecule has 0 N–H and O–H groups in total. The van der Waals surface area contributed by atoms with E-state index in [4.69, 9.17) is 16.3 Å². The average Bonchev–Trinajstić information content (AvgIpc) is 2.64. The summed E-state index contributed by atoms with van der Waals surface area (Å²) in [4.78, 5) is 1.64. The molecule has 4 heteroatoms. The Morgan fingerprint density at radius 1 is 1.67 bits per heavy atom. The molecule has 0 radical (unpaired) electrons. The average molecular weight is 310 g/mol. The second-order valence-electron chi connectivity index (χ2n) is 4.04. The molecule has 1 aromatic rings. The molecule has 1 aromatic heterocycles. The van der Waals surface area contributed by atoms with E-state index in [0.717, 1.165) is 24.7 Å². The molecule has 0 aliphatic carbocycles. The highest BCUT2D eigenvalue weighted by Gasteiger charge is 2.30. The van der Waals surface area contributed by atoms with Crippen molar-refractivity contribution in [1.29, 1.82) is 0 Å². The SMILES string of the molecule is CC1COCCC1C(Br)c1sccc1Cl. The summed E-state index contributed by atoms with van der Waals surface area (Å²) in [6.07, 6.45) is 1.12. The summed E-state index contributed by atoms with van der Waals surface area (Å²) in [5, 5.41) is 2.94. The number of hydrogen-bond acceptors (Lipinski definition) is 2. The highest BCUT2D eigenvalue weighted by Crippen LogP contribution is 2.44. The van der Waals surface area contributed by atoms with Gasteiger partial charge in [-0.1, -0.05) is 34.5 Å². The van der Waals surface area contributed by atoms with Gasteiger partial charge >= 0.3 is 0 Å². The van der Waals surface area contributed by atoms with Crippen molar-refractivity contribution in [1.82, 2.24) is 0 Å². The first kappa shape index (κ1) is 11.9. The molecule has 0 aromatic carbocycles. The normalized spacial score (nSPS) is 29.0. The number of halogens is 2. The van der Waals surface area contributed by atoms with Gasteiger partial charge in [-0.2, -0.15) is 0 Å². The van der Waals surface area contributed by atoms with Gasteiger partial charge in [-0.05, 0) is 29.7 Å². The maximum absolute atomic E-state index is 6.15. The van der Waals surface area contributed by atoms with E-state index in [2.05, 4.69) is 28.2 Å². The molecular formula is C11H14BrClOS. The minimum absolute atomic E-state index is 0.379. The number of thiophene rings is 1. The first-order valence-electron chi connectivity index (χ1n) is 5.15. The van der Waals surface area contributed by atoms with E-state index < -0.39 is 0 Å². The maximum Gasteiger partial charge on any atom is 0.0556 e. The van der Waals surface area contributed by atoms with Gasteiger partial charge in [0.1, 0.15) is 0 Å². The molecule has 1 aliphatic rings. The summed E-state index contributed by atoms with van der Waals surface area (Å²) < 4.78 is 5.46. The summed E-state index contributed by atoms with van der Waals surface area (Å²) in [6, 6.07) is 1.97. The van der Waals surface area contributed by atoms with Gasteiger partial charge in [-0.3, -0.25) is 0 Å². The van der Waals surface area contributed by atoms with Gasteiger partial charge in [0.2, 0.25) is 0 Å². The third-order valence-electron chi connectivity index (χ3n) is 2.98. The van der Waals surface area contributed by atoms with Crippen LogP contribution in [-0.2, 0) is 4.74 Å². The fraction of sp³-hybridized carbons (Fsp3) is 0.636. The zero-order valence-electron chi connectivity index (χ0n) is 8.58. The number of alkyl halides is 1. The Bertz CT molecular complexity index is 328. The Hall–Kier alpha value is 0.430. The molecule has 2 heterocycles. The molecule has 0 amide bonds. The largest absolute Gasteiger partial charge is 0.381 e. The highest BCUT2D eigenvalue weighted by atomic mass is 79.9. The summed E-state index contributed by atoms with van der Waals surface area (Å²) in [7, 11) is 0. The van der Waals surface area contributed by atoms with Gasteiger partial charge in [0.25, 0.3) is 0 Å². The second kappa shape index (κ2) is 5.17. The second-order valence-corrected chi connectivity index (χ2v) is 6.38. The minimum Gasteiger partial charge on any atom is -0.381 e. The predicted octanol–water partition coefficient (Wildman–Crippen LogP) is 4.51. The van der Waals surface area contributed by atoms with Crippen LogP contribution in [0.15, 0.2) is 11.4 Å². The Balaban J connectivity index is 2.13. The summed E-state index contributed by atoms with van der Waals surface area (Å²) in [5.74, 6) is 1.23. The van der Waals surface area contributed by atoms with E-state index in [-0.39, 0.29) is 0 Å². The van der Waals surface area contributed by atoms with Crippen molar-refractivity contribution in [3.8, 4) is 0 Å². The van der Waals surface area contributed by atoms with Gasteiger partial charge in [-0.15, -0.1) is 11.3 Å². The Labute approximate surface area is 108 Å². The lowest BCUT2D eigenvalue weighted by Gasteiger charge is -2.32. The first-order valence-corrected chi connectivity index (χ1v) is 7.32. The Morgan fingerprint density at radius 3 is 3.07 bits per heavy atom. The molecule has 3 unspecified atom stereocenters. The monoisotopic (exact) mass is 308 g/mol. The zero-order chi connectivity index (χ0) is 10.8. The van der Waals surface area contributed by atoms with Crippen molar-refractivity contribution in [3.05, 3.63) is 21.3 Å².